The lowest BCUT2D eigenvalue weighted by Gasteiger charge is -2.42. The number of rotatable bonds is 2. The fourth-order valence-electron chi connectivity index (χ4n) is 3.33. The van der Waals surface area contributed by atoms with E-state index >= 15 is 0 Å². The zero-order valence-corrected chi connectivity index (χ0v) is 13.3. The van der Waals surface area contributed by atoms with E-state index < -0.39 is 11.6 Å². The fraction of sp³-hybridized carbons (Fsp3) is 0.625. The smallest absolute Gasteiger partial charge is 0.162 e. The SMILES string of the molecule is CC1CCC(C(C)(C)c2cccc(F)c2F)C(Br)C1. The molecule has 0 spiro atoms. The van der Waals surface area contributed by atoms with Crippen molar-refractivity contribution in [3.8, 4) is 0 Å². The van der Waals surface area contributed by atoms with Crippen LogP contribution in [0.5, 0.6) is 0 Å². The summed E-state index contributed by atoms with van der Waals surface area (Å²) in [4.78, 5) is 0.369. The molecule has 0 amide bonds. The largest absolute Gasteiger partial charge is 0.204 e. The first-order valence-corrected chi connectivity index (χ1v) is 7.84. The summed E-state index contributed by atoms with van der Waals surface area (Å²) in [5, 5.41) is 0. The first-order valence-electron chi connectivity index (χ1n) is 6.92. The van der Waals surface area contributed by atoms with Crippen LogP contribution in [0.2, 0.25) is 0 Å². The van der Waals surface area contributed by atoms with Crippen molar-refractivity contribution in [1.82, 2.24) is 0 Å². The van der Waals surface area contributed by atoms with Crippen molar-refractivity contribution in [3.63, 3.8) is 0 Å². The molecule has 0 nitrogen and oxygen atoms in total. The van der Waals surface area contributed by atoms with Gasteiger partial charge in [0, 0.05) is 4.83 Å². The van der Waals surface area contributed by atoms with Gasteiger partial charge in [-0.3, -0.25) is 0 Å². The summed E-state index contributed by atoms with van der Waals surface area (Å²) in [6.07, 6.45) is 3.32. The lowest BCUT2D eigenvalue weighted by molar-refractivity contribution is 0.209. The summed E-state index contributed by atoms with van der Waals surface area (Å²) in [6, 6.07) is 4.50. The highest BCUT2D eigenvalue weighted by molar-refractivity contribution is 9.09. The first kappa shape index (κ1) is 15.0. The second kappa shape index (κ2) is 5.51. The summed E-state index contributed by atoms with van der Waals surface area (Å²) in [5.41, 5.74) is 0.136. The van der Waals surface area contributed by atoms with Gasteiger partial charge < -0.3 is 0 Å². The van der Waals surface area contributed by atoms with Crippen LogP contribution in [0.25, 0.3) is 0 Å². The Hall–Kier alpha value is -0.440. The maximum Gasteiger partial charge on any atom is 0.162 e. The van der Waals surface area contributed by atoms with E-state index in [2.05, 4.69) is 22.9 Å². The van der Waals surface area contributed by atoms with E-state index in [0.717, 1.165) is 19.3 Å². The highest BCUT2D eigenvalue weighted by atomic mass is 79.9. The van der Waals surface area contributed by atoms with Gasteiger partial charge in [0.15, 0.2) is 11.6 Å². The lowest BCUT2D eigenvalue weighted by atomic mass is 9.66. The maximum absolute atomic E-state index is 14.1. The molecule has 1 aliphatic carbocycles. The van der Waals surface area contributed by atoms with Crippen molar-refractivity contribution in [2.75, 3.05) is 0 Å². The average molecular weight is 331 g/mol. The molecule has 1 saturated carbocycles. The molecule has 106 valence electrons. The predicted molar refractivity (Wildman–Crippen MR) is 78.6 cm³/mol. The zero-order chi connectivity index (χ0) is 14.2. The molecule has 3 heteroatoms. The van der Waals surface area contributed by atoms with Crippen LogP contribution in [0.4, 0.5) is 8.78 Å². The quantitative estimate of drug-likeness (QED) is 0.633. The Morgan fingerprint density at radius 2 is 1.89 bits per heavy atom. The molecule has 0 bridgehead atoms. The Morgan fingerprint density at radius 3 is 2.53 bits per heavy atom. The summed E-state index contributed by atoms with van der Waals surface area (Å²) in [5.74, 6) is -0.402. The maximum atomic E-state index is 14.1. The number of alkyl halides is 1. The average Bonchev–Trinajstić information content (AvgIpc) is 2.31. The first-order chi connectivity index (χ1) is 8.84. The van der Waals surface area contributed by atoms with Gasteiger partial charge in [0.2, 0.25) is 0 Å². The molecule has 2 rings (SSSR count). The zero-order valence-electron chi connectivity index (χ0n) is 11.7. The summed E-state index contributed by atoms with van der Waals surface area (Å²) < 4.78 is 27.5. The number of hydrogen-bond donors (Lipinski definition) is 0. The Kier molecular flexibility index (Phi) is 4.34. The standard InChI is InChI=1S/C16H21BrF2/c1-10-7-8-11(13(17)9-10)16(2,3)12-5-4-6-14(18)15(12)19/h4-6,10-11,13H,7-9H2,1-3H3. The molecule has 0 radical (unpaired) electrons. The van der Waals surface area contributed by atoms with Crippen molar-refractivity contribution in [2.24, 2.45) is 11.8 Å². The Labute approximate surface area is 122 Å². The van der Waals surface area contributed by atoms with Crippen molar-refractivity contribution in [1.29, 1.82) is 0 Å². The van der Waals surface area contributed by atoms with Gasteiger partial charge in [0.25, 0.3) is 0 Å². The summed E-state index contributed by atoms with van der Waals surface area (Å²) in [7, 11) is 0. The minimum atomic E-state index is -0.749. The third-order valence-electron chi connectivity index (χ3n) is 4.61. The Bertz CT molecular complexity index is 456. The molecule has 19 heavy (non-hydrogen) atoms. The third-order valence-corrected chi connectivity index (χ3v) is 5.62. The Morgan fingerprint density at radius 1 is 1.21 bits per heavy atom. The normalized spacial score (nSPS) is 28.4. The highest BCUT2D eigenvalue weighted by Crippen LogP contribution is 2.45. The van der Waals surface area contributed by atoms with E-state index in [4.69, 9.17) is 0 Å². The molecule has 0 N–H and O–H groups in total. The van der Waals surface area contributed by atoms with Gasteiger partial charge in [-0.15, -0.1) is 0 Å². The molecule has 1 fully saturated rings. The summed E-state index contributed by atoms with van der Waals surface area (Å²) >= 11 is 3.76. The second-order valence-electron chi connectivity index (χ2n) is 6.36. The molecular formula is C16H21BrF2. The van der Waals surface area contributed by atoms with E-state index in [1.165, 1.54) is 6.07 Å². The molecule has 3 unspecified atom stereocenters. The van der Waals surface area contributed by atoms with Crippen LogP contribution < -0.4 is 0 Å². The van der Waals surface area contributed by atoms with Crippen LogP contribution >= 0.6 is 15.9 Å². The van der Waals surface area contributed by atoms with Gasteiger partial charge in [0.05, 0.1) is 0 Å². The van der Waals surface area contributed by atoms with Crippen LogP contribution in [0.3, 0.4) is 0 Å². The number of halogens is 3. The van der Waals surface area contributed by atoms with E-state index in [-0.39, 0.29) is 5.41 Å². The molecule has 1 aromatic carbocycles. The molecule has 0 aliphatic heterocycles. The van der Waals surface area contributed by atoms with Gasteiger partial charge >= 0.3 is 0 Å². The lowest BCUT2D eigenvalue weighted by Crippen LogP contribution is -2.39. The minimum absolute atomic E-state index is 0.333. The minimum Gasteiger partial charge on any atom is -0.204 e. The van der Waals surface area contributed by atoms with Crippen LogP contribution in [0.1, 0.15) is 45.6 Å². The molecule has 1 aliphatic rings. The van der Waals surface area contributed by atoms with Crippen LogP contribution in [0, 0.1) is 23.5 Å². The van der Waals surface area contributed by atoms with Crippen molar-refractivity contribution in [3.05, 3.63) is 35.4 Å². The third kappa shape index (κ3) is 2.86. The highest BCUT2D eigenvalue weighted by Gasteiger charge is 2.40. The van der Waals surface area contributed by atoms with E-state index in [0.29, 0.717) is 22.2 Å². The van der Waals surface area contributed by atoms with Gasteiger partial charge in [-0.2, -0.15) is 0 Å². The van der Waals surface area contributed by atoms with E-state index in [1.54, 1.807) is 12.1 Å². The van der Waals surface area contributed by atoms with Crippen molar-refractivity contribution >= 4 is 15.9 Å². The molecule has 0 aromatic heterocycles. The Balaban J connectivity index is 2.33. The molecule has 3 atom stereocenters. The number of benzene rings is 1. The van der Waals surface area contributed by atoms with Gasteiger partial charge in [-0.1, -0.05) is 55.3 Å². The van der Waals surface area contributed by atoms with E-state index in [9.17, 15) is 8.78 Å². The second-order valence-corrected chi connectivity index (χ2v) is 7.54. The van der Waals surface area contributed by atoms with Gasteiger partial charge in [-0.25, -0.2) is 8.78 Å². The van der Waals surface area contributed by atoms with Crippen molar-refractivity contribution in [2.45, 2.75) is 50.3 Å². The van der Waals surface area contributed by atoms with Crippen LogP contribution in [-0.4, -0.2) is 4.83 Å². The van der Waals surface area contributed by atoms with Crippen molar-refractivity contribution < 1.29 is 8.78 Å². The fourth-order valence-corrected chi connectivity index (χ4v) is 4.89. The number of hydrogen-bond acceptors (Lipinski definition) is 0. The summed E-state index contributed by atoms with van der Waals surface area (Å²) in [6.45, 7) is 6.31. The molecule has 0 saturated heterocycles. The van der Waals surface area contributed by atoms with Crippen LogP contribution in [-0.2, 0) is 5.41 Å². The molecular weight excluding hydrogens is 310 g/mol. The predicted octanol–water partition coefficient (Wildman–Crippen LogP) is 5.44. The van der Waals surface area contributed by atoms with Gasteiger partial charge in [-0.05, 0) is 41.7 Å². The molecule has 1 aromatic rings. The topological polar surface area (TPSA) is 0 Å². The van der Waals surface area contributed by atoms with E-state index in [1.807, 2.05) is 13.8 Å². The molecule has 0 heterocycles. The monoisotopic (exact) mass is 330 g/mol. The van der Waals surface area contributed by atoms with Gasteiger partial charge in [0.1, 0.15) is 0 Å². The van der Waals surface area contributed by atoms with Crippen LogP contribution in [0.15, 0.2) is 18.2 Å².